The van der Waals surface area contributed by atoms with Gasteiger partial charge in [0.05, 0.1) is 18.6 Å². The van der Waals surface area contributed by atoms with Crippen LogP contribution in [-0.2, 0) is 22.1 Å². The molecule has 4 aromatic rings. The highest BCUT2D eigenvalue weighted by atomic mass is 19.4. The molecule has 1 saturated heterocycles. The number of alkyl halides is 3. The third-order valence-corrected chi connectivity index (χ3v) is 7.56. The summed E-state index contributed by atoms with van der Waals surface area (Å²) in [7, 11) is 0. The van der Waals surface area contributed by atoms with E-state index < -0.39 is 17.7 Å². The molecular formula is C33H33F3N2O2. The second kappa shape index (κ2) is 11.7. The summed E-state index contributed by atoms with van der Waals surface area (Å²) >= 11 is 0. The number of hydrogen-bond acceptors (Lipinski definition) is 4. The van der Waals surface area contributed by atoms with Crippen molar-refractivity contribution in [2.24, 2.45) is 0 Å². The van der Waals surface area contributed by atoms with Gasteiger partial charge in [-0.05, 0) is 77.6 Å². The molecule has 1 N–H and O–H groups in total. The van der Waals surface area contributed by atoms with E-state index in [-0.39, 0.29) is 25.1 Å². The van der Waals surface area contributed by atoms with Crippen LogP contribution in [0.15, 0.2) is 84.9 Å². The topological polar surface area (TPSA) is 41.6 Å². The number of benzene rings is 4. The van der Waals surface area contributed by atoms with E-state index in [2.05, 4.69) is 53.5 Å². The summed E-state index contributed by atoms with van der Waals surface area (Å²) in [6, 6.07) is 26.1. The van der Waals surface area contributed by atoms with Crippen LogP contribution in [0.3, 0.4) is 0 Å². The first kappa shape index (κ1) is 27.7. The summed E-state index contributed by atoms with van der Waals surface area (Å²) in [4.78, 5) is 14.7. The van der Waals surface area contributed by atoms with E-state index in [1.807, 2.05) is 24.3 Å². The van der Waals surface area contributed by atoms with Crippen LogP contribution in [0, 0.1) is 0 Å². The van der Waals surface area contributed by atoms with Gasteiger partial charge in [-0.25, -0.2) is 0 Å². The number of halogens is 3. The predicted molar refractivity (Wildman–Crippen MR) is 153 cm³/mol. The van der Waals surface area contributed by atoms with Crippen LogP contribution in [0.1, 0.15) is 43.0 Å². The Labute approximate surface area is 232 Å². The Morgan fingerprint density at radius 3 is 2.60 bits per heavy atom. The number of esters is 1. The minimum Gasteiger partial charge on any atom is -0.466 e. The zero-order valence-corrected chi connectivity index (χ0v) is 22.7. The minimum atomic E-state index is -4.45. The van der Waals surface area contributed by atoms with E-state index in [1.165, 1.54) is 22.4 Å². The number of carbonyl (C=O) groups excluding carboxylic acids is 1. The maximum atomic E-state index is 13.4. The van der Waals surface area contributed by atoms with Gasteiger partial charge in [-0.2, -0.15) is 13.2 Å². The zero-order chi connectivity index (χ0) is 28.3. The number of fused-ring (bicyclic) bond motifs is 1. The molecule has 4 aromatic carbocycles. The van der Waals surface area contributed by atoms with Crippen molar-refractivity contribution in [3.63, 3.8) is 0 Å². The second-order valence-corrected chi connectivity index (χ2v) is 10.3. The highest BCUT2D eigenvalue weighted by Crippen LogP contribution is 2.35. The molecule has 7 heteroatoms. The zero-order valence-electron chi connectivity index (χ0n) is 22.7. The molecule has 0 bridgehead atoms. The molecule has 0 spiro atoms. The standard InChI is InChI=1S/C33H33F3N2O2/c1-3-40-32(39)20-25-19-28(14-15-30(25)24-10-6-11-26(18-24)33(34,35)36)38-17-16-27(21-38)37-22(2)29-13-7-9-23-8-4-5-12-31(23)29/h4-15,18-19,22,27,37H,3,16-17,20-21H2,1-2H3/t22-,27+/m1/s1. The maximum Gasteiger partial charge on any atom is 0.416 e. The molecule has 1 aliphatic heterocycles. The Morgan fingerprint density at radius 2 is 1.80 bits per heavy atom. The first-order valence-corrected chi connectivity index (χ1v) is 13.7. The summed E-state index contributed by atoms with van der Waals surface area (Å²) in [5.74, 6) is -0.405. The van der Waals surface area contributed by atoms with Crippen molar-refractivity contribution in [1.29, 1.82) is 0 Å². The van der Waals surface area contributed by atoms with E-state index in [0.29, 0.717) is 16.7 Å². The van der Waals surface area contributed by atoms with Gasteiger partial charge in [-0.3, -0.25) is 4.79 Å². The van der Waals surface area contributed by atoms with Crippen LogP contribution < -0.4 is 10.2 Å². The Bertz CT molecular complexity index is 1500. The van der Waals surface area contributed by atoms with Gasteiger partial charge < -0.3 is 15.0 Å². The molecule has 1 heterocycles. The molecule has 40 heavy (non-hydrogen) atoms. The summed E-state index contributed by atoms with van der Waals surface area (Å²) in [5, 5.41) is 6.25. The van der Waals surface area contributed by atoms with Gasteiger partial charge in [0, 0.05) is 30.9 Å². The van der Waals surface area contributed by atoms with E-state index in [1.54, 1.807) is 13.0 Å². The average molecular weight is 547 g/mol. The molecule has 1 fully saturated rings. The van der Waals surface area contributed by atoms with Gasteiger partial charge >= 0.3 is 12.1 Å². The van der Waals surface area contributed by atoms with E-state index in [0.717, 1.165) is 37.3 Å². The summed E-state index contributed by atoms with van der Waals surface area (Å²) in [6.07, 6.45) is -3.50. The van der Waals surface area contributed by atoms with Crippen molar-refractivity contribution < 1.29 is 22.7 Å². The van der Waals surface area contributed by atoms with Crippen molar-refractivity contribution in [2.45, 2.75) is 44.9 Å². The van der Waals surface area contributed by atoms with Gasteiger partial charge in [0.15, 0.2) is 0 Å². The molecule has 2 atom stereocenters. The Kier molecular flexibility index (Phi) is 8.12. The molecular weight excluding hydrogens is 513 g/mol. The van der Waals surface area contributed by atoms with Crippen LogP contribution in [-0.4, -0.2) is 31.7 Å². The van der Waals surface area contributed by atoms with Gasteiger partial charge in [-0.1, -0.05) is 60.7 Å². The molecule has 0 radical (unpaired) electrons. The fraction of sp³-hybridized carbons (Fsp3) is 0.303. The molecule has 0 aromatic heterocycles. The van der Waals surface area contributed by atoms with Crippen LogP contribution in [0.5, 0.6) is 0 Å². The van der Waals surface area contributed by atoms with Crippen molar-refractivity contribution in [1.82, 2.24) is 5.32 Å². The SMILES string of the molecule is CCOC(=O)Cc1cc(N2CC[C@H](N[C@H](C)c3cccc4ccccc34)C2)ccc1-c1cccc(C(F)(F)F)c1. The van der Waals surface area contributed by atoms with Gasteiger partial charge in [0.2, 0.25) is 0 Å². The van der Waals surface area contributed by atoms with E-state index in [4.69, 9.17) is 4.74 Å². The number of carbonyl (C=O) groups is 1. The molecule has 208 valence electrons. The van der Waals surface area contributed by atoms with Crippen LogP contribution in [0.25, 0.3) is 21.9 Å². The van der Waals surface area contributed by atoms with Crippen LogP contribution >= 0.6 is 0 Å². The highest BCUT2D eigenvalue weighted by Gasteiger charge is 2.31. The molecule has 0 aliphatic carbocycles. The van der Waals surface area contributed by atoms with Gasteiger partial charge in [-0.15, -0.1) is 0 Å². The molecule has 0 saturated carbocycles. The normalized spacial score (nSPS) is 16.3. The summed E-state index contributed by atoms with van der Waals surface area (Å²) in [6.45, 7) is 5.79. The first-order chi connectivity index (χ1) is 19.2. The first-order valence-electron chi connectivity index (χ1n) is 13.7. The smallest absolute Gasteiger partial charge is 0.416 e. The fourth-order valence-electron chi connectivity index (χ4n) is 5.64. The lowest BCUT2D eigenvalue weighted by Crippen LogP contribution is -2.34. The lowest BCUT2D eigenvalue weighted by atomic mass is 9.95. The molecule has 1 aliphatic rings. The number of nitrogens with one attached hydrogen (secondary N) is 1. The van der Waals surface area contributed by atoms with Crippen molar-refractivity contribution >= 4 is 22.4 Å². The summed E-state index contributed by atoms with van der Waals surface area (Å²) in [5.41, 5.74) is 3.16. The van der Waals surface area contributed by atoms with Crippen molar-refractivity contribution in [3.8, 4) is 11.1 Å². The third-order valence-electron chi connectivity index (χ3n) is 7.56. The van der Waals surface area contributed by atoms with Gasteiger partial charge in [0.25, 0.3) is 0 Å². The second-order valence-electron chi connectivity index (χ2n) is 10.3. The quantitative estimate of drug-likeness (QED) is 0.232. The highest BCUT2D eigenvalue weighted by molar-refractivity contribution is 5.86. The number of nitrogens with zero attached hydrogens (tertiary/aromatic N) is 1. The molecule has 0 unspecified atom stereocenters. The average Bonchev–Trinajstić information content (AvgIpc) is 3.41. The van der Waals surface area contributed by atoms with E-state index >= 15 is 0 Å². The minimum absolute atomic E-state index is 0.0130. The lowest BCUT2D eigenvalue weighted by molar-refractivity contribution is -0.142. The maximum absolute atomic E-state index is 13.4. The number of hydrogen-bond donors (Lipinski definition) is 1. The Hall–Kier alpha value is -3.84. The molecule has 5 rings (SSSR count). The number of anilines is 1. The fourth-order valence-corrected chi connectivity index (χ4v) is 5.64. The number of rotatable bonds is 8. The van der Waals surface area contributed by atoms with Gasteiger partial charge in [0.1, 0.15) is 0 Å². The van der Waals surface area contributed by atoms with Crippen LogP contribution in [0.2, 0.25) is 0 Å². The predicted octanol–water partition coefficient (Wildman–Crippen LogP) is 7.56. The Balaban J connectivity index is 1.36. The molecule has 4 nitrogen and oxygen atoms in total. The largest absolute Gasteiger partial charge is 0.466 e. The van der Waals surface area contributed by atoms with Crippen molar-refractivity contribution in [2.75, 3.05) is 24.6 Å². The van der Waals surface area contributed by atoms with E-state index in [9.17, 15) is 18.0 Å². The Morgan fingerprint density at radius 1 is 1.02 bits per heavy atom. The number of ether oxygens (including phenoxy) is 1. The summed E-state index contributed by atoms with van der Waals surface area (Å²) < 4.78 is 45.3. The lowest BCUT2D eigenvalue weighted by Gasteiger charge is -2.24. The monoisotopic (exact) mass is 546 g/mol. The van der Waals surface area contributed by atoms with Crippen molar-refractivity contribution in [3.05, 3.63) is 102 Å². The molecule has 0 amide bonds. The van der Waals surface area contributed by atoms with Crippen LogP contribution in [0.4, 0.5) is 18.9 Å². The third kappa shape index (κ3) is 6.15.